The van der Waals surface area contributed by atoms with Crippen molar-refractivity contribution in [3.05, 3.63) is 71.8 Å². The van der Waals surface area contributed by atoms with Crippen molar-refractivity contribution in [2.45, 2.75) is 5.60 Å². The van der Waals surface area contributed by atoms with E-state index in [4.69, 9.17) is 0 Å². The van der Waals surface area contributed by atoms with Crippen LogP contribution in [0, 0.1) is 11.8 Å². The van der Waals surface area contributed by atoms with Crippen LogP contribution < -0.4 is 0 Å². The molecule has 18 heavy (non-hydrogen) atoms. The Balaban J connectivity index is 2.55. The van der Waals surface area contributed by atoms with Crippen molar-refractivity contribution in [3.63, 3.8) is 0 Å². The Kier molecular flexibility index (Phi) is 4.19. The molecule has 0 fully saturated rings. The molecule has 0 aromatic heterocycles. The van der Waals surface area contributed by atoms with E-state index in [0.29, 0.717) is 5.33 Å². The summed E-state index contributed by atoms with van der Waals surface area (Å²) in [4.78, 5) is 0. The summed E-state index contributed by atoms with van der Waals surface area (Å²) in [6.07, 6.45) is 0. The molecule has 1 N–H and O–H groups in total. The molecule has 0 spiro atoms. The highest BCUT2D eigenvalue weighted by molar-refractivity contribution is 9.09. The Hall–Kier alpha value is -1.56. The van der Waals surface area contributed by atoms with Gasteiger partial charge >= 0.3 is 0 Å². The first-order valence-electron chi connectivity index (χ1n) is 5.67. The molecule has 2 aromatic carbocycles. The van der Waals surface area contributed by atoms with Crippen LogP contribution in [0.4, 0.5) is 0 Å². The Labute approximate surface area is 116 Å². The van der Waals surface area contributed by atoms with E-state index in [2.05, 4.69) is 27.8 Å². The van der Waals surface area contributed by atoms with Gasteiger partial charge < -0.3 is 5.11 Å². The predicted octanol–water partition coefficient (Wildman–Crippen LogP) is 3.32. The molecule has 0 aliphatic carbocycles. The highest BCUT2D eigenvalue weighted by Gasteiger charge is 2.28. The highest BCUT2D eigenvalue weighted by atomic mass is 79.9. The van der Waals surface area contributed by atoms with Crippen molar-refractivity contribution in [1.29, 1.82) is 0 Å². The van der Waals surface area contributed by atoms with Crippen molar-refractivity contribution >= 4 is 15.9 Å². The van der Waals surface area contributed by atoms with E-state index in [1.54, 1.807) is 0 Å². The molecular formula is C16H13BrO. The van der Waals surface area contributed by atoms with Crippen molar-refractivity contribution in [3.8, 4) is 11.8 Å². The quantitative estimate of drug-likeness (QED) is 0.666. The molecule has 0 aliphatic heterocycles. The van der Waals surface area contributed by atoms with Gasteiger partial charge in [0.1, 0.15) is 0 Å². The first-order chi connectivity index (χ1) is 8.77. The van der Waals surface area contributed by atoms with Gasteiger partial charge in [-0.15, -0.1) is 0 Å². The summed E-state index contributed by atoms with van der Waals surface area (Å²) in [5.41, 5.74) is 0.310. The smallest absolute Gasteiger partial charge is 0.176 e. The Morgan fingerprint density at radius 3 is 1.72 bits per heavy atom. The molecule has 0 saturated carbocycles. The Morgan fingerprint density at radius 2 is 1.33 bits per heavy atom. The zero-order valence-electron chi connectivity index (χ0n) is 9.81. The minimum absolute atomic E-state index is 0.537. The third kappa shape index (κ3) is 2.64. The first kappa shape index (κ1) is 12.9. The van der Waals surface area contributed by atoms with Gasteiger partial charge in [-0.05, 0) is 0 Å². The molecule has 90 valence electrons. The molecule has 0 atom stereocenters. The van der Waals surface area contributed by atoms with Gasteiger partial charge in [0.05, 0.1) is 5.33 Å². The zero-order valence-corrected chi connectivity index (χ0v) is 11.4. The van der Waals surface area contributed by atoms with Crippen LogP contribution in [0.2, 0.25) is 0 Å². The van der Waals surface area contributed by atoms with Crippen LogP contribution in [0.5, 0.6) is 0 Å². The van der Waals surface area contributed by atoms with Gasteiger partial charge in [-0.25, -0.2) is 0 Å². The maximum Gasteiger partial charge on any atom is 0.176 e. The lowest BCUT2D eigenvalue weighted by Crippen LogP contribution is -2.25. The summed E-state index contributed by atoms with van der Waals surface area (Å²) < 4.78 is 0. The van der Waals surface area contributed by atoms with Gasteiger partial charge in [0, 0.05) is 11.1 Å². The van der Waals surface area contributed by atoms with Crippen LogP contribution in [0.1, 0.15) is 11.1 Å². The van der Waals surface area contributed by atoms with E-state index in [-0.39, 0.29) is 0 Å². The lowest BCUT2D eigenvalue weighted by molar-refractivity contribution is 0.145. The molecule has 1 nitrogen and oxygen atoms in total. The number of hydrogen-bond donors (Lipinski definition) is 1. The summed E-state index contributed by atoms with van der Waals surface area (Å²) in [6.45, 7) is 0. The lowest BCUT2D eigenvalue weighted by atomic mass is 9.87. The van der Waals surface area contributed by atoms with Crippen molar-refractivity contribution in [2.75, 3.05) is 5.33 Å². The van der Waals surface area contributed by atoms with Crippen LogP contribution in [0.3, 0.4) is 0 Å². The molecule has 2 aromatic rings. The number of aliphatic hydroxyl groups is 1. The molecule has 0 radical (unpaired) electrons. The van der Waals surface area contributed by atoms with Gasteiger partial charge in [0.15, 0.2) is 5.60 Å². The minimum atomic E-state index is -1.25. The average Bonchev–Trinajstić information content (AvgIpc) is 2.46. The summed E-state index contributed by atoms with van der Waals surface area (Å²) >= 11 is 3.26. The zero-order chi connectivity index (χ0) is 12.8. The fourth-order valence-corrected chi connectivity index (χ4v) is 1.97. The van der Waals surface area contributed by atoms with Crippen LogP contribution in [-0.2, 0) is 5.60 Å². The van der Waals surface area contributed by atoms with E-state index >= 15 is 0 Å². The van der Waals surface area contributed by atoms with Gasteiger partial charge in [-0.1, -0.05) is 88.4 Å². The Morgan fingerprint density at radius 1 is 0.889 bits per heavy atom. The molecule has 2 rings (SSSR count). The summed E-state index contributed by atoms with van der Waals surface area (Å²) in [7, 11) is 0. The van der Waals surface area contributed by atoms with E-state index in [9.17, 15) is 5.11 Å². The second-order valence-electron chi connectivity index (χ2n) is 3.88. The number of alkyl halides is 1. The number of benzene rings is 2. The van der Waals surface area contributed by atoms with E-state index < -0.39 is 5.60 Å². The average molecular weight is 301 g/mol. The molecule has 0 amide bonds. The minimum Gasteiger partial charge on any atom is -0.369 e. The normalized spacial score (nSPS) is 10.6. The van der Waals surface area contributed by atoms with Crippen molar-refractivity contribution in [2.24, 2.45) is 0 Å². The van der Waals surface area contributed by atoms with E-state index in [0.717, 1.165) is 11.1 Å². The van der Waals surface area contributed by atoms with Gasteiger partial charge in [-0.3, -0.25) is 0 Å². The van der Waals surface area contributed by atoms with E-state index in [1.807, 2.05) is 60.7 Å². The van der Waals surface area contributed by atoms with Crippen LogP contribution in [0.15, 0.2) is 60.7 Å². The largest absolute Gasteiger partial charge is 0.369 e. The first-order valence-corrected chi connectivity index (χ1v) is 6.79. The van der Waals surface area contributed by atoms with Crippen molar-refractivity contribution in [1.82, 2.24) is 0 Å². The highest BCUT2D eigenvalue weighted by Crippen LogP contribution is 2.28. The lowest BCUT2D eigenvalue weighted by Gasteiger charge is -2.23. The maximum absolute atomic E-state index is 10.9. The monoisotopic (exact) mass is 300 g/mol. The topological polar surface area (TPSA) is 20.2 Å². The predicted molar refractivity (Wildman–Crippen MR) is 77.5 cm³/mol. The van der Waals surface area contributed by atoms with Gasteiger partial charge in [-0.2, -0.15) is 0 Å². The summed E-state index contributed by atoms with van der Waals surface area (Å²) in [5.74, 6) is 5.84. The third-order valence-corrected chi connectivity index (χ3v) is 3.00. The molecule has 0 bridgehead atoms. The third-order valence-electron chi connectivity index (χ3n) is 2.72. The van der Waals surface area contributed by atoms with Crippen LogP contribution >= 0.6 is 15.9 Å². The standard InChI is InChI=1S/C16H13BrO/c17-13-7-12-16(18,14-8-3-1-4-9-14)15-10-5-2-6-11-15/h1-6,8-11,18H,13H2. The molecular weight excluding hydrogens is 288 g/mol. The number of hydrogen-bond acceptors (Lipinski definition) is 1. The van der Waals surface area contributed by atoms with Gasteiger partial charge in [0.2, 0.25) is 0 Å². The van der Waals surface area contributed by atoms with Crippen LogP contribution in [0.25, 0.3) is 0 Å². The fourth-order valence-electron chi connectivity index (χ4n) is 1.83. The maximum atomic E-state index is 10.9. The fraction of sp³-hybridized carbons (Fsp3) is 0.125. The molecule has 0 unspecified atom stereocenters. The van der Waals surface area contributed by atoms with Crippen molar-refractivity contribution < 1.29 is 5.11 Å². The SMILES string of the molecule is OC(C#CCBr)(c1ccccc1)c1ccccc1. The second-order valence-corrected chi connectivity index (χ2v) is 4.44. The second kappa shape index (κ2) is 5.86. The number of halogens is 1. The van der Waals surface area contributed by atoms with Crippen LogP contribution in [-0.4, -0.2) is 10.4 Å². The molecule has 0 saturated heterocycles. The molecule has 2 heteroatoms. The Bertz CT molecular complexity index is 512. The summed E-state index contributed by atoms with van der Waals surface area (Å²) in [5, 5.41) is 11.4. The van der Waals surface area contributed by atoms with E-state index in [1.165, 1.54) is 0 Å². The molecule has 0 heterocycles. The summed E-state index contributed by atoms with van der Waals surface area (Å²) in [6, 6.07) is 19.0. The number of rotatable bonds is 2. The molecule has 0 aliphatic rings. The van der Waals surface area contributed by atoms with Gasteiger partial charge in [0.25, 0.3) is 0 Å².